The molecule has 0 aromatic heterocycles. The van der Waals surface area contributed by atoms with Crippen LogP contribution < -0.4 is 0 Å². The first-order valence-corrected chi connectivity index (χ1v) is 5.56. The van der Waals surface area contributed by atoms with Gasteiger partial charge in [-0.15, -0.1) is 0 Å². The number of carboxylic acids is 1. The number of carbonyl (C=O) groups is 1. The SMILES string of the molecule is CCC1C(C(=O)O)CCCN1C(C)C. The highest BCUT2D eigenvalue weighted by Crippen LogP contribution is 2.27. The minimum atomic E-state index is -0.623. The van der Waals surface area contributed by atoms with Gasteiger partial charge in [-0.3, -0.25) is 9.69 Å². The van der Waals surface area contributed by atoms with Crippen molar-refractivity contribution < 1.29 is 9.90 Å². The Labute approximate surface area is 86.1 Å². The second kappa shape index (κ2) is 4.78. The summed E-state index contributed by atoms with van der Waals surface area (Å²) in [5, 5.41) is 9.11. The smallest absolute Gasteiger partial charge is 0.308 e. The van der Waals surface area contributed by atoms with Gasteiger partial charge in [-0.1, -0.05) is 6.92 Å². The van der Waals surface area contributed by atoms with E-state index in [1.165, 1.54) is 0 Å². The molecule has 1 aliphatic heterocycles. The van der Waals surface area contributed by atoms with E-state index in [9.17, 15) is 4.79 Å². The van der Waals surface area contributed by atoms with Crippen molar-refractivity contribution in [1.82, 2.24) is 4.90 Å². The molecule has 2 atom stereocenters. The molecule has 0 saturated carbocycles. The minimum absolute atomic E-state index is 0.156. The van der Waals surface area contributed by atoms with Crippen LogP contribution in [0.3, 0.4) is 0 Å². The van der Waals surface area contributed by atoms with Gasteiger partial charge >= 0.3 is 5.97 Å². The quantitative estimate of drug-likeness (QED) is 0.755. The van der Waals surface area contributed by atoms with Crippen molar-refractivity contribution in [2.45, 2.75) is 52.1 Å². The van der Waals surface area contributed by atoms with E-state index in [0.29, 0.717) is 6.04 Å². The average Bonchev–Trinajstić information content (AvgIpc) is 2.16. The van der Waals surface area contributed by atoms with Crippen LogP contribution in [0.25, 0.3) is 0 Å². The highest BCUT2D eigenvalue weighted by Gasteiger charge is 2.35. The normalized spacial score (nSPS) is 29.4. The van der Waals surface area contributed by atoms with Gasteiger partial charge in [0.25, 0.3) is 0 Å². The van der Waals surface area contributed by atoms with Crippen LogP contribution in [0.15, 0.2) is 0 Å². The fourth-order valence-corrected chi connectivity index (χ4v) is 2.53. The van der Waals surface area contributed by atoms with E-state index in [-0.39, 0.29) is 12.0 Å². The van der Waals surface area contributed by atoms with E-state index >= 15 is 0 Å². The van der Waals surface area contributed by atoms with E-state index in [4.69, 9.17) is 5.11 Å². The van der Waals surface area contributed by atoms with Crippen molar-refractivity contribution in [2.24, 2.45) is 5.92 Å². The lowest BCUT2D eigenvalue weighted by atomic mass is 9.87. The molecule has 1 rings (SSSR count). The summed E-state index contributed by atoms with van der Waals surface area (Å²) in [5.74, 6) is -0.779. The van der Waals surface area contributed by atoms with Crippen molar-refractivity contribution in [3.8, 4) is 0 Å². The van der Waals surface area contributed by atoms with Gasteiger partial charge < -0.3 is 5.11 Å². The van der Waals surface area contributed by atoms with Gasteiger partial charge in [-0.05, 0) is 39.7 Å². The average molecular weight is 199 g/mol. The maximum absolute atomic E-state index is 11.1. The first-order chi connectivity index (χ1) is 6.57. The molecular weight excluding hydrogens is 178 g/mol. The number of carboxylic acid groups (broad SMARTS) is 1. The van der Waals surface area contributed by atoms with Gasteiger partial charge in [0.15, 0.2) is 0 Å². The molecule has 0 amide bonds. The van der Waals surface area contributed by atoms with Crippen LogP contribution in [-0.2, 0) is 4.79 Å². The van der Waals surface area contributed by atoms with Crippen LogP contribution in [0, 0.1) is 5.92 Å². The second-order valence-electron chi connectivity index (χ2n) is 4.39. The van der Waals surface area contributed by atoms with Crippen LogP contribution in [-0.4, -0.2) is 34.6 Å². The predicted octanol–water partition coefficient (Wildman–Crippen LogP) is 1.97. The van der Waals surface area contributed by atoms with Gasteiger partial charge in [0.05, 0.1) is 5.92 Å². The fraction of sp³-hybridized carbons (Fsp3) is 0.909. The number of likely N-dealkylation sites (tertiary alicyclic amines) is 1. The lowest BCUT2D eigenvalue weighted by Crippen LogP contribution is -2.50. The number of aliphatic carboxylic acids is 1. The predicted molar refractivity (Wildman–Crippen MR) is 56.3 cm³/mol. The molecule has 0 aromatic carbocycles. The molecule has 2 unspecified atom stereocenters. The van der Waals surface area contributed by atoms with Crippen LogP contribution in [0.1, 0.15) is 40.0 Å². The van der Waals surface area contributed by atoms with Crippen molar-refractivity contribution in [3.05, 3.63) is 0 Å². The third-order valence-corrected chi connectivity index (χ3v) is 3.22. The summed E-state index contributed by atoms with van der Waals surface area (Å²) in [7, 11) is 0. The molecule has 14 heavy (non-hydrogen) atoms. The maximum atomic E-state index is 11.1. The molecule has 1 aliphatic rings. The van der Waals surface area contributed by atoms with Crippen LogP contribution in [0.4, 0.5) is 0 Å². The molecule has 0 aromatic rings. The Morgan fingerprint density at radius 2 is 2.21 bits per heavy atom. The highest BCUT2D eigenvalue weighted by molar-refractivity contribution is 5.71. The van der Waals surface area contributed by atoms with Crippen molar-refractivity contribution in [3.63, 3.8) is 0 Å². The summed E-state index contributed by atoms with van der Waals surface area (Å²) in [6.07, 6.45) is 2.80. The Morgan fingerprint density at radius 1 is 1.57 bits per heavy atom. The Morgan fingerprint density at radius 3 is 2.64 bits per heavy atom. The minimum Gasteiger partial charge on any atom is -0.481 e. The summed E-state index contributed by atoms with van der Waals surface area (Å²) in [6, 6.07) is 0.698. The van der Waals surface area contributed by atoms with Crippen LogP contribution in [0.5, 0.6) is 0 Å². The first-order valence-electron chi connectivity index (χ1n) is 5.56. The summed E-state index contributed by atoms with van der Waals surface area (Å²) in [4.78, 5) is 13.4. The molecule has 1 heterocycles. The molecule has 0 spiro atoms. The number of piperidine rings is 1. The Hall–Kier alpha value is -0.570. The Balaban J connectivity index is 2.74. The van der Waals surface area contributed by atoms with E-state index in [2.05, 4.69) is 25.7 Å². The first kappa shape index (κ1) is 11.5. The third kappa shape index (κ3) is 2.27. The molecule has 3 heteroatoms. The van der Waals surface area contributed by atoms with E-state index < -0.39 is 5.97 Å². The fourth-order valence-electron chi connectivity index (χ4n) is 2.53. The van der Waals surface area contributed by atoms with Crippen molar-refractivity contribution in [2.75, 3.05) is 6.54 Å². The zero-order chi connectivity index (χ0) is 10.7. The number of nitrogens with zero attached hydrogens (tertiary/aromatic N) is 1. The third-order valence-electron chi connectivity index (χ3n) is 3.22. The molecule has 82 valence electrons. The molecule has 0 radical (unpaired) electrons. The Bertz CT molecular complexity index is 203. The summed E-state index contributed by atoms with van der Waals surface area (Å²) >= 11 is 0. The Kier molecular flexibility index (Phi) is 3.93. The highest BCUT2D eigenvalue weighted by atomic mass is 16.4. The maximum Gasteiger partial charge on any atom is 0.308 e. The van der Waals surface area contributed by atoms with Gasteiger partial charge in [-0.25, -0.2) is 0 Å². The number of hydrogen-bond donors (Lipinski definition) is 1. The molecule has 0 bridgehead atoms. The molecule has 0 aliphatic carbocycles. The van der Waals surface area contributed by atoms with E-state index in [0.717, 1.165) is 25.8 Å². The lowest BCUT2D eigenvalue weighted by Gasteiger charge is -2.41. The van der Waals surface area contributed by atoms with Crippen molar-refractivity contribution >= 4 is 5.97 Å². The summed E-state index contributed by atoms with van der Waals surface area (Å²) in [6.45, 7) is 7.43. The van der Waals surface area contributed by atoms with Gasteiger partial charge in [0.2, 0.25) is 0 Å². The molecule has 3 nitrogen and oxygen atoms in total. The summed E-state index contributed by atoms with van der Waals surface area (Å²) < 4.78 is 0. The number of rotatable bonds is 3. The van der Waals surface area contributed by atoms with Crippen LogP contribution in [0.2, 0.25) is 0 Å². The number of hydrogen-bond acceptors (Lipinski definition) is 2. The molecule has 1 N–H and O–H groups in total. The second-order valence-corrected chi connectivity index (χ2v) is 4.39. The molecule has 1 saturated heterocycles. The lowest BCUT2D eigenvalue weighted by molar-refractivity contribution is -0.146. The van der Waals surface area contributed by atoms with E-state index in [1.54, 1.807) is 0 Å². The largest absolute Gasteiger partial charge is 0.481 e. The van der Waals surface area contributed by atoms with E-state index in [1.807, 2.05) is 0 Å². The van der Waals surface area contributed by atoms with Gasteiger partial charge in [-0.2, -0.15) is 0 Å². The molecular formula is C11H21NO2. The topological polar surface area (TPSA) is 40.5 Å². The van der Waals surface area contributed by atoms with Gasteiger partial charge in [0.1, 0.15) is 0 Å². The zero-order valence-electron chi connectivity index (χ0n) is 9.36. The van der Waals surface area contributed by atoms with Gasteiger partial charge in [0, 0.05) is 12.1 Å². The van der Waals surface area contributed by atoms with Crippen molar-refractivity contribution in [1.29, 1.82) is 0 Å². The van der Waals surface area contributed by atoms with Crippen LogP contribution >= 0.6 is 0 Å². The standard InChI is InChI=1S/C11H21NO2/c1-4-10-9(11(13)14)6-5-7-12(10)8(2)3/h8-10H,4-7H2,1-3H3,(H,13,14). The summed E-state index contributed by atoms with van der Waals surface area (Å²) in [5.41, 5.74) is 0. The molecule has 1 fully saturated rings. The zero-order valence-corrected chi connectivity index (χ0v) is 9.36. The monoisotopic (exact) mass is 199 g/mol.